The number of rotatable bonds is 3. The molecule has 1 nitrogen and oxygen atoms in total. The molecule has 1 aliphatic heterocycles. The molecule has 2 atom stereocenters. The van der Waals surface area contributed by atoms with Gasteiger partial charge in [0.25, 0.3) is 0 Å². The van der Waals surface area contributed by atoms with E-state index in [-0.39, 0.29) is 0 Å². The van der Waals surface area contributed by atoms with E-state index in [2.05, 4.69) is 20.8 Å². The van der Waals surface area contributed by atoms with Crippen molar-refractivity contribution in [2.75, 3.05) is 0 Å². The lowest BCUT2D eigenvalue weighted by atomic mass is 9.67. The van der Waals surface area contributed by atoms with Crippen molar-refractivity contribution >= 4 is 0 Å². The molecule has 2 rings (SSSR count). The zero-order valence-electron chi connectivity index (χ0n) is 9.10. The Balaban J connectivity index is 1.93. The fourth-order valence-electron chi connectivity index (χ4n) is 2.67. The summed E-state index contributed by atoms with van der Waals surface area (Å²) in [5.41, 5.74) is 0.373. The second-order valence-electron chi connectivity index (χ2n) is 5.06. The molecule has 0 aromatic heterocycles. The summed E-state index contributed by atoms with van der Waals surface area (Å²) in [5.74, 6) is 1.76. The Labute approximate surface area is 81.9 Å². The van der Waals surface area contributed by atoms with Gasteiger partial charge in [-0.1, -0.05) is 33.6 Å². The molecule has 0 N–H and O–H groups in total. The molecule has 1 saturated heterocycles. The van der Waals surface area contributed by atoms with Crippen molar-refractivity contribution in [3.63, 3.8) is 0 Å². The molecule has 0 spiro atoms. The first kappa shape index (κ1) is 9.51. The Hall–Kier alpha value is -0.0400. The summed E-state index contributed by atoms with van der Waals surface area (Å²) in [7, 11) is 0. The smallest absolute Gasteiger partial charge is 0.0898 e. The van der Waals surface area contributed by atoms with Gasteiger partial charge in [0.15, 0.2) is 0 Å². The molecule has 2 unspecified atom stereocenters. The van der Waals surface area contributed by atoms with Gasteiger partial charge < -0.3 is 4.74 Å². The van der Waals surface area contributed by atoms with Gasteiger partial charge in [-0.15, -0.1) is 0 Å². The van der Waals surface area contributed by atoms with E-state index in [9.17, 15) is 0 Å². The Bertz CT molecular complexity index is 186. The minimum Gasteiger partial charge on any atom is -0.369 e. The highest BCUT2D eigenvalue weighted by molar-refractivity contribution is 5.16. The number of epoxide rings is 1. The van der Waals surface area contributed by atoms with Crippen molar-refractivity contribution in [2.45, 2.75) is 65.1 Å². The number of hydrogen-bond acceptors (Lipinski definition) is 1. The van der Waals surface area contributed by atoms with Gasteiger partial charge >= 0.3 is 0 Å². The van der Waals surface area contributed by atoms with Crippen LogP contribution < -0.4 is 0 Å². The average Bonchev–Trinajstić information content (AvgIpc) is 2.83. The summed E-state index contributed by atoms with van der Waals surface area (Å²) in [5, 5.41) is 0. The molecular formula is C12H21O. The molecule has 0 amide bonds. The van der Waals surface area contributed by atoms with E-state index in [0.29, 0.717) is 17.6 Å². The zero-order valence-corrected chi connectivity index (χ0v) is 9.10. The van der Waals surface area contributed by atoms with E-state index < -0.39 is 0 Å². The molecule has 2 fully saturated rings. The summed E-state index contributed by atoms with van der Waals surface area (Å²) < 4.78 is 5.68. The normalized spacial score (nSPS) is 37.2. The van der Waals surface area contributed by atoms with E-state index in [0.717, 1.165) is 0 Å². The van der Waals surface area contributed by atoms with Gasteiger partial charge in [0.05, 0.1) is 12.2 Å². The number of fused-ring (bicyclic) bond motifs is 1. The Morgan fingerprint density at radius 2 is 2.23 bits per heavy atom. The van der Waals surface area contributed by atoms with Crippen molar-refractivity contribution in [3.05, 3.63) is 5.92 Å². The van der Waals surface area contributed by atoms with Crippen molar-refractivity contribution in [1.29, 1.82) is 0 Å². The summed E-state index contributed by atoms with van der Waals surface area (Å²) in [4.78, 5) is 0. The van der Waals surface area contributed by atoms with Crippen molar-refractivity contribution < 1.29 is 4.74 Å². The SMILES string of the molecule is CCCC[C]1CCC2OC2C1(C)C. The Kier molecular flexibility index (Phi) is 2.39. The monoisotopic (exact) mass is 181 g/mol. The van der Waals surface area contributed by atoms with Crippen LogP contribution in [0.2, 0.25) is 0 Å². The quantitative estimate of drug-likeness (QED) is 0.608. The summed E-state index contributed by atoms with van der Waals surface area (Å²) in [6.45, 7) is 7.00. The third-order valence-corrected chi connectivity index (χ3v) is 3.77. The van der Waals surface area contributed by atoms with Gasteiger partial charge in [0, 0.05) is 0 Å². The first-order chi connectivity index (χ1) is 6.16. The summed E-state index contributed by atoms with van der Waals surface area (Å²) in [6, 6.07) is 0. The minimum atomic E-state index is 0.373. The van der Waals surface area contributed by atoms with E-state index in [4.69, 9.17) is 4.74 Å². The van der Waals surface area contributed by atoms with Crippen LogP contribution >= 0.6 is 0 Å². The predicted molar refractivity (Wildman–Crippen MR) is 54.4 cm³/mol. The molecule has 0 bridgehead atoms. The molecular weight excluding hydrogens is 160 g/mol. The Morgan fingerprint density at radius 1 is 1.46 bits per heavy atom. The van der Waals surface area contributed by atoms with Crippen LogP contribution in [0, 0.1) is 11.3 Å². The third-order valence-electron chi connectivity index (χ3n) is 3.77. The average molecular weight is 181 g/mol. The van der Waals surface area contributed by atoms with E-state index >= 15 is 0 Å². The van der Waals surface area contributed by atoms with Gasteiger partial charge in [0.2, 0.25) is 0 Å². The van der Waals surface area contributed by atoms with E-state index in [1.54, 1.807) is 5.92 Å². The molecule has 75 valence electrons. The fourth-order valence-corrected chi connectivity index (χ4v) is 2.67. The van der Waals surface area contributed by atoms with Crippen LogP contribution in [0.4, 0.5) is 0 Å². The Morgan fingerprint density at radius 3 is 2.92 bits per heavy atom. The van der Waals surface area contributed by atoms with Crippen LogP contribution in [-0.4, -0.2) is 12.2 Å². The highest BCUT2D eigenvalue weighted by atomic mass is 16.6. The van der Waals surface area contributed by atoms with Crippen LogP contribution in [0.1, 0.15) is 52.9 Å². The molecule has 13 heavy (non-hydrogen) atoms. The van der Waals surface area contributed by atoms with Crippen molar-refractivity contribution in [3.8, 4) is 0 Å². The lowest BCUT2D eigenvalue weighted by molar-refractivity contribution is 0.243. The maximum atomic E-state index is 5.68. The maximum Gasteiger partial charge on any atom is 0.0898 e. The van der Waals surface area contributed by atoms with Gasteiger partial charge in [-0.05, 0) is 30.6 Å². The number of unbranched alkanes of at least 4 members (excludes halogenated alkanes) is 1. The molecule has 0 aromatic rings. The lowest BCUT2D eigenvalue weighted by Gasteiger charge is -2.35. The second kappa shape index (κ2) is 3.27. The van der Waals surface area contributed by atoms with E-state index in [1.165, 1.54) is 32.1 Å². The third kappa shape index (κ3) is 1.63. The molecule has 1 aliphatic carbocycles. The molecule has 1 radical (unpaired) electrons. The van der Waals surface area contributed by atoms with Gasteiger partial charge in [-0.25, -0.2) is 0 Å². The van der Waals surface area contributed by atoms with Crippen molar-refractivity contribution in [1.82, 2.24) is 0 Å². The van der Waals surface area contributed by atoms with Crippen LogP contribution in [0.15, 0.2) is 0 Å². The van der Waals surface area contributed by atoms with E-state index in [1.807, 2.05) is 0 Å². The highest BCUT2D eigenvalue weighted by Gasteiger charge is 2.55. The van der Waals surface area contributed by atoms with Gasteiger partial charge in [-0.3, -0.25) is 0 Å². The van der Waals surface area contributed by atoms with Crippen LogP contribution in [0.3, 0.4) is 0 Å². The number of ether oxygens (including phenoxy) is 1. The molecule has 0 aromatic carbocycles. The van der Waals surface area contributed by atoms with Crippen LogP contribution in [0.25, 0.3) is 0 Å². The standard InChI is InChI=1S/C12H21O/c1-4-5-6-9-7-8-10-11(13-10)12(9,2)3/h10-11H,4-8H2,1-3H3. The second-order valence-corrected chi connectivity index (χ2v) is 5.06. The fraction of sp³-hybridized carbons (Fsp3) is 0.917. The topological polar surface area (TPSA) is 12.5 Å². The number of hydrogen-bond donors (Lipinski definition) is 0. The molecule has 2 aliphatic rings. The predicted octanol–water partition coefficient (Wildman–Crippen LogP) is 3.34. The minimum absolute atomic E-state index is 0.373. The van der Waals surface area contributed by atoms with Crippen molar-refractivity contribution in [2.24, 2.45) is 5.41 Å². The molecule has 1 heteroatoms. The largest absolute Gasteiger partial charge is 0.369 e. The van der Waals surface area contributed by atoms with Gasteiger partial charge in [-0.2, -0.15) is 0 Å². The summed E-state index contributed by atoms with van der Waals surface area (Å²) in [6.07, 6.45) is 7.77. The van der Waals surface area contributed by atoms with Crippen LogP contribution in [-0.2, 0) is 4.74 Å². The van der Waals surface area contributed by atoms with Crippen LogP contribution in [0.5, 0.6) is 0 Å². The lowest BCUT2D eigenvalue weighted by Crippen LogP contribution is -2.33. The summed E-state index contributed by atoms with van der Waals surface area (Å²) >= 11 is 0. The first-order valence-corrected chi connectivity index (χ1v) is 5.67. The van der Waals surface area contributed by atoms with Gasteiger partial charge in [0.1, 0.15) is 0 Å². The first-order valence-electron chi connectivity index (χ1n) is 5.67. The highest BCUT2D eigenvalue weighted by Crippen LogP contribution is 2.54. The zero-order chi connectivity index (χ0) is 9.47. The molecule has 1 saturated carbocycles. The maximum absolute atomic E-state index is 5.68. The molecule has 1 heterocycles.